The Morgan fingerprint density at radius 1 is 0.421 bits per heavy atom. The van der Waals surface area contributed by atoms with Gasteiger partial charge in [-0.1, -0.05) is 48.5 Å². The molecule has 292 valence electrons. The van der Waals surface area contributed by atoms with Gasteiger partial charge in [0.2, 0.25) is 13.6 Å². The Labute approximate surface area is 332 Å². The summed E-state index contributed by atoms with van der Waals surface area (Å²) in [6.07, 6.45) is 5.54. The van der Waals surface area contributed by atoms with Crippen molar-refractivity contribution in [1.82, 2.24) is 0 Å². The van der Waals surface area contributed by atoms with Crippen LogP contribution < -0.4 is 28.4 Å². The molecule has 0 N–H and O–H groups in total. The maximum Gasteiger partial charge on any atom is 0.230 e. The summed E-state index contributed by atoms with van der Waals surface area (Å²) >= 11 is 0. The van der Waals surface area contributed by atoms with E-state index < -0.39 is 0 Å². The average molecular weight is 767 g/mol. The third kappa shape index (κ3) is 9.74. The molecule has 1 saturated carbocycles. The Hall–Kier alpha value is -5.48. The summed E-state index contributed by atoms with van der Waals surface area (Å²) in [6.45, 7) is 3.87. The van der Waals surface area contributed by atoms with Crippen molar-refractivity contribution in [3.05, 3.63) is 131 Å². The molecule has 10 rings (SSSR count). The maximum atomic E-state index is 6.23. The van der Waals surface area contributed by atoms with Gasteiger partial charge in [-0.25, -0.2) is 0 Å². The molecule has 0 spiro atoms. The minimum Gasteiger partial charge on any atom is -0.493 e. The van der Waals surface area contributed by atoms with E-state index >= 15 is 0 Å². The third-order valence-electron chi connectivity index (χ3n) is 10.8. The highest BCUT2D eigenvalue weighted by molar-refractivity contribution is 5.86. The molecule has 0 amide bonds. The van der Waals surface area contributed by atoms with Gasteiger partial charge in [0.05, 0.1) is 38.6 Å². The molecule has 3 aliphatic heterocycles. The fraction of sp³-hybridized carbons (Fsp3) is 0.333. The van der Waals surface area contributed by atoms with Crippen molar-refractivity contribution in [3.8, 4) is 34.5 Å². The van der Waals surface area contributed by atoms with Crippen LogP contribution in [-0.2, 0) is 33.5 Å². The summed E-state index contributed by atoms with van der Waals surface area (Å²) in [4.78, 5) is 0. The molecule has 3 unspecified atom stereocenters. The van der Waals surface area contributed by atoms with E-state index in [1.165, 1.54) is 24.0 Å². The minimum absolute atomic E-state index is 0.0907. The quantitative estimate of drug-likeness (QED) is 0.0558. The van der Waals surface area contributed by atoms with Gasteiger partial charge in [-0.3, -0.25) is 0 Å². The first-order chi connectivity index (χ1) is 28.1. The van der Waals surface area contributed by atoms with Gasteiger partial charge in [0.25, 0.3) is 0 Å². The number of rotatable bonds is 20. The van der Waals surface area contributed by atoms with Crippen molar-refractivity contribution in [1.29, 1.82) is 0 Å². The lowest BCUT2D eigenvalue weighted by Gasteiger charge is -2.16. The lowest BCUT2D eigenvalue weighted by molar-refractivity contribution is 0.118. The molecule has 9 nitrogen and oxygen atoms in total. The first-order valence-corrected chi connectivity index (χ1v) is 20.0. The van der Waals surface area contributed by atoms with E-state index in [9.17, 15) is 0 Å². The summed E-state index contributed by atoms with van der Waals surface area (Å²) < 4.78 is 53.0. The second-order valence-corrected chi connectivity index (χ2v) is 15.6. The highest BCUT2D eigenvalue weighted by Crippen LogP contribution is 2.33. The van der Waals surface area contributed by atoms with Crippen molar-refractivity contribution in [2.45, 2.75) is 50.4 Å². The highest BCUT2D eigenvalue weighted by atomic mass is 16.7. The zero-order chi connectivity index (χ0) is 38.0. The summed E-state index contributed by atoms with van der Waals surface area (Å²) in [5.41, 5.74) is 4.62. The molecule has 3 atom stereocenters. The van der Waals surface area contributed by atoms with E-state index in [-0.39, 0.29) is 31.9 Å². The van der Waals surface area contributed by atoms with Crippen LogP contribution in [0.3, 0.4) is 0 Å². The smallest absolute Gasteiger partial charge is 0.230 e. The number of fused-ring (bicyclic) bond motifs is 2. The van der Waals surface area contributed by atoms with E-state index in [1.54, 1.807) is 0 Å². The summed E-state index contributed by atoms with van der Waals surface area (Å²) in [7, 11) is 0. The molecule has 6 aromatic rings. The zero-order valence-corrected chi connectivity index (χ0v) is 31.9. The topological polar surface area (TPSA) is 93.0 Å². The first kappa shape index (κ1) is 35.9. The molecule has 6 aromatic carbocycles. The van der Waals surface area contributed by atoms with Gasteiger partial charge in [-0.15, -0.1) is 0 Å². The molecule has 4 fully saturated rings. The molecule has 3 saturated heterocycles. The number of hydrogen-bond donors (Lipinski definition) is 0. The van der Waals surface area contributed by atoms with Crippen LogP contribution in [0.5, 0.6) is 34.5 Å². The monoisotopic (exact) mass is 766 g/mol. The molecule has 57 heavy (non-hydrogen) atoms. The predicted octanol–water partition coefficient (Wildman–Crippen LogP) is 8.86. The molecular formula is C48H46O9. The van der Waals surface area contributed by atoms with Gasteiger partial charge < -0.3 is 42.6 Å². The van der Waals surface area contributed by atoms with Crippen LogP contribution >= 0.6 is 0 Å². The summed E-state index contributed by atoms with van der Waals surface area (Å²) in [5, 5.41) is 4.39. The van der Waals surface area contributed by atoms with E-state index in [0.29, 0.717) is 12.5 Å². The molecule has 0 radical (unpaired) electrons. The largest absolute Gasteiger partial charge is 0.493 e. The molecule has 1 aliphatic carbocycles. The Kier molecular flexibility index (Phi) is 10.2. The van der Waals surface area contributed by atoms with E-state index in [0.717, 1.165) is 113 Å². The van der Waals surface area contributed by atoms with Crippen molar-refractivity contribution in [3.63, 3.8) is 0 Å². The standard InChI is InChI=1S/C48H46O9/c1-2-31(1)24-49-40-9-5-34-7-11-42(20-36(34)18-40)54-29-56-47-13-3-32(16-38(47)22-44-25-51-44)15-33-4-14-48(39(17-33)23-45-26-52-45)57-30-55-43-12-8-35-6-10-41(19-37(35)21-43)50-27-46-28-53-46/h3-14,16-21,31,44-46H,1-2,15,22-30H2. The van der Waals surface area contributed by atoms with E-state index in [4.69, 9.17) is 42.6 Å². The Balaban J connectivity index is 0.771. The van der Waals surface area contributed by atoms with Gasteiger partial charge >= 0.3 is 0 Å². The second-order valence-electron chi connectivity index (χ2n) is 15.6. The molecule has 0 aromatic heterocycles. The van der Waals surface area contributed by atoms with Gasteiger partial charge in [0.15, 0.2) is 0 Å². The Bertz CT molecular complexity index is 2190. The van der Waals surface area contributed by atoms with Crippen molar-refractivity contribution in [2.75, 3.05) is 46.6 Å². The SMILES string of the molecule is c1cc(OCOc2ccc3ccc(OCC4CC4)cc3c2)c(CC2CO2)cc1Cc1ccc(OCOc2ccc3ccc(OCC4CO4)cc3c2)c(CC2CO2)c1. The van der Waals surface area contributed by atoms with Crippen LogP contribution in [0, 0.1) is 5.92 Å². The fourth-order valence-corrected chi connectivity index (χ4v) is 7.12. The van der Waals surface area contributed by atoms with Crippen LogP contribution in [0.1, 0.15) is 35.1 Å². The maximum absolute atomic E-state index is 6.23. The Morgan fingerprint density at radius 2 is 0.860 bits per heavy atom. The fourth-order valence-electron chi connectivity index (χ4n) is 7.12. The molecule has 0 bridgehead atoms. The minimum atomic E-state index is 0.0907. The molecule has 3 heterocycles. The highest BCUT2D eigenvalue weighted by Gasteiger charge is 2.26. The zero-order valence-electron chi connectivity index (χ0n) is 31.9. The van der Waals surface area contributed by atoms with Gasteiger partial charge in [0, 0.05) is 12.8 Å². The average Bonchev–Trinajstić information content (AvgIpc) is 4.02. The van der Waals surface area contributed by atoms with Gasteiger partial charge in [0.1, 0.15) is 47.2 Å². The first-order valence-electron chi connectivity index (χ1n) is 20.0. The lowest BCUT2D eigenvalue weighted by atomic mass is 9.97. The van der Waals surface area contributed by atoms with Crippen molar-refractivity contribution < 1.29 is 42.6 Å². The second kappa shape index (κ2) is 16.2. The van der Waals surface area contributed by atoms with E-state index in [2.05, 4.69) is 54.6 Å². The van der Waals surface area contributed by atoms with Crippen LogP contribution in [0.15, 0.2) is 109 Å². The molecular weight excluding hydrogens is 721 g/mol. The number of hydrogen-bond acceptors (Lipinski definition) is 9. The van der Waals surface area contributed by atoms with E-state index in [1.807, 2.05) is 54.6 Å². The lowest BCUT2D eigenvalue weighted by Crippen LogP contribution is -2.09. The van der Waals surface area contributed by atoms with Crippen LogP contribution in [-0.4, -0.2) is 64.9 Å². The third-order valence-corrected chi connectivity index (χ3v) is 10.8. The van der Waals surface area contributed by atoms with Crippen LogP contribution in [0.4, 0.5) is 0 Å². The summed E-state index contributed by atoms with van der Waals surface area (Å²) in [6, 6.07) is 37.2. The van der Waals surface area contributed by atoms with Crippen molar-refractivity contribution >= 4 is 21.5 Å². The number of epoxide rings is 3. The summed E-state index contributed by atoms with van der Waals surface area (Å²) in [5.74, 6) is 5.53. The van der Waals surface area contributed by atoms with Crippen LogP contribution in [0.2, 0.25) is 0 Å². The number of ether oxygens (including phenoxy) is 9. The van der Waals surface area contributed by atoms with Gasteiger partial charge in [-0.05, 0) is 130 Å². The number of benzene rings is 6. The normalized spacial score (nSPS) is 19.3. The molecule has 4 aliphatic rings. The van der Waals surface area contributed by atoms with Crippen LogP contribution in [0.25, 0.3) is 21.5 Å². The van der Waals surface area contributed by atoms with Crippen molar-refractivity contribution in [2.24, 2.45) is 5.92 Å². The Morgan fingerprint density at radius 3 is 1.30 bits per heavy atom. The van der Waals surface area contributed by atoms with Gasteiger partial charge in [-0.2, -0.15) is 0 Å². The molecule has 9 heteroatoms. The predicted molar refractivity (Wildman–Crippen MR) is 216 cm³/mol.